The van der Waals surface area contributed by atoms with Gasteiger partial charge >= 0.3 is 5.97 Å². The number of hydrogen-bond donors (Lipinski definition) is 2. The van der Waals surface area contributed by atoms with Crippen LogP contribution in [0.15, 0.2) is 24.3 Å². The molecular formula is C16H23NO4. The van der Waals surface area contributed by atoms with Crippen molar-refractivity contribution < 1.29 is 19.4 Å². The number of nitrogens with one attached hydrogen (secondary N) is 1. The average molecular weight is 293 g/mol. The normalized spacial score (nSPS) is 11.0. The molecule has 0 unspecified atom stereocenters. The second-order valence-electron chi connectivity index (χ2n) is 5.60. The molecule has 116 valence electrons. The smallest absolute Gasteiger partial charge is 0.303 e. The molecule has 1 amide bonds. The Labute approximate surface area is 125 Å². The SMILES string of the molecule is CCCOc1ccc(C(=O)NC(C)(C)CCC(=O)O)cc1. The third-order valence-electron chi connectivity index (χ3n) is 3.01. The first-order chi connectivity index (χ1) is 9.84. The van der Waals surface area contributed by atoms with Crippen LogP contribution in [0.3, 0.4) is 0 Å². The van der Waals surface area contributed by atoms with Gasteiger partial charge < -0.3 is 15.2 Å². The lowest BCUT2D eigenvalue weighted by Crippen LogP contribution is -2.43. The Morgan fingerprint density at radius 1 is 1.24 bits per heavy atom. The third-order valence-corrected chi connectivity index (χ3v) is 3.01. The second-order valence-corrected chi connectivity index (χ2v) is 5.60. The van der Waals surface area contributed by atoms with E-state index in [0.717, 1.165) is 12.2 Å². The Morgan fingerprint density at radius 2 is 1.86 bits per heavy atom. The van der Waals surface area contributed by atoms with Crippen molar-refractivity contribution in [1.82, 2.24) is 5.32 Å². The second kappa shape index (κ2) is 7.67. The molecule has 21 heavy (non-hydrogen) atoms. The lowest BCUT2D eigenvalue weighted by atomic mass is 9.98. The molecule has 0 aliphatic rings. The van der Waals surface area contributed by atoms with Gasteiger partial charge in [0.05, 0.1) is 6.61 Å². The van der Waals surface area contributed by atoms with Gasteiger partial charge in [-0.1, -0.05) is 6.92 Å². The van der Waals surface area contributed by atoms with Gasteiger partial charge in [-0.15, -0.1) is 0 Å². The Morgan fingerprint density at radius 3 is 2.38 bits per heavy atom. The summed E-state index contributed by atoms with van der Waals surface area (Å²) in [6, 6.07) is 6.92. The molecule has 0 aliphatic carbocycles. The molecule has 0 aromatic heterocycles. The van der Waals surface area contributed by atoms with E-state index < -0.39 is 11.5 Å². The maximum absolute atomic E-state index is 12.1. The Hall–Kier alpha value is -2.04. The van der Waals surface area contributed by atoms with E-state index in [9.17, 15) is 9.59 Å². The zero-order valence-corrected chi connectivity index (χ0v) is 12.8. The van der Waals surface area contributed by atoms with E-state index in [1.165, 1.54) is 0 Å². The van der Waals surface area contributed by atoms with Gasteiger partial charge in [0, 0.05) is 17.5 Å². The molecule has 2 N–H and O–H groups in total. The van der Waals surface area contributed by atoms with Crippen LogP contribution in [-0.4, -0.2) is 29.1 Å². The molecule has 5 nitrogen and oxygen atoms in total. The van der Waals surface area contributed by atoms with Crippen LogP contribution in [0, 0.1) is 0 Å². The first-order valence-electron chi connectivity index (χ1n) is 7.11. The molecule has 0 heterocycles. The minimum absolute atomic E-state index is 0.0249. The summed E-state index contributed by atoms with van der Waals surface area (Å²) < 4.78 is 5.46. The molecule has 1 aromatic rings. The fourth-order valence-electron chi connectivity index (χ4n) is 1.78. The van der Waals surface area contributed by atoms with Crippen LogP contribution < -0.4 is 10.1 Å². The standard InChI is InChI=1S/C16H23NO4/c1-4-11-21-13-7-5-12(6-8-13)15(20)17-16(2,3)10-9-14(18)19/h5-8H,4,9-11H2,1-3H3,(H,17,20)(H,18,19). The van der Waals surface area contributed by atoms with Gasteiger partial charge in [0.15, 0.2) is 0 Å². The third kappa shape index (κ3) is 6.29. The van der Waals surface area contributed by atoms with Crippen LogP contribution >= 0.6 is 0 Å². The van der Waals surface area contributed by atoms with Crippen molar-refractivity contribution in [2.45, 2.75) is 45.6 Å². The van der Waals surface area contributed by atoms with Crippen LogP contribution in [0.25, 0.3) is 0 Å². The van der Waals surface area contributed by atoms with Crippen molar-refractivity contribution in [3.8, 4) is 5.75 Å². The Kier molecular flexibility index (Phi) is 6.21. The summed E-state index contributed by atoms with van der Waals surface area (Å²) in [5.41, 5.74) is -0.0328. The van der Waals surface area contributed by atoms with Gasteiger partial charge in [0.2, 0.25) is 0 Å². The molecule has 5 heteroatoms. The molecule has 0 spiro atoms. The fraction of sp³-hybridized carbons (Fsp3) is 0.500. The summed E-state index contributed by atoms with van der Waals surface area (Å²) in [6.07, 6.45) is 1.34. The maximum atomic E-state index is 12.1. The highest BCUT2D eigenvalue weighted by Gasteiger charge is 2.22. The van der Waals surface area contributed by atoms with Crippen LogP contribution in [0.1, 0.15) is 50.4 Å². The van der Waals surface area contributed by atoms with Crippen LogP contribution in [-0.2, 0) is 4.79 Å². The molecular weight excluding hydrogens is 270 g/mol. The quantitative estimate of drug-likeness (QED) is 0.772. The van der Waals surface area contributed by atoms with Crippen LogP contribution in [0.4, 0.5) is 0 Å². The van der Waals surface area contributed by atoms with Crippen molar-refractivity contribution in [1.29, 1.82) is 0 Å². The molecule has 0 bridgehead atoms. The van der Waals surface area contributed by atoms with Gasteiger partial charge in [0.1, 0.15) is 5.75 Å². The monoisotopic (exact) mass is 293 g/mol. The largest absolute Gasteiger partial charge is 0.494 e. The predicted molar refractivity (Wildman–Crippen MR) is 80.6 cm³/mol. The number of aliphatic carboxylic acids is 1. The van der Waals surface area contributed by atoms with Gasteiger partial charge in [-0.05, 0) is 51.0 Å². The van der Waals surface area contributed by atoms with Crippen molar-refractivity contribution in [3.63, 3.8) is 0 Å². The number of benzene rings is 1. The van der Waals surface area contributed by atoms with E-state index in [-0.39, 0.29) is 12.3 Å². The number of ether oxygens (including phenoxy) is 1. The summed E-state index contributed by atoms with van der Waals surface area (Å²) in [7, 11) is 0. The van der Waals surface area contributed by atoms with Crippen molar-refractivity contribution >= 4 is 11.9 Å². The van der Waals surface area contributed by atoms with E-state index in [1.54, 1.807) is 24.3 Å². The highest BCUT2D eigenvalue weighted by atomic mass is 16.5. The fourth-order valence-corrected chi connectivity index (χ4v) is 1.78. The number of carbonyl (C=O) groups excluding carboxylic acids is 1. The van der Waals surface area contributed by atoms with Crippen molar-refractivity contribution in [2.75, 3.05) is 6.61 Å². The summed E-state index contributed by atoms with van der Waals surface area (Å²) in [6.45, 7) is 6.30. The Balaban J connectivity index is 2.60. The summed E-state index contributed by atoms with van der Waals surface area (Å²) in [4.78, 5) is 22.7. The highest BCUT2D eigenvalue weighted by molar-refractivity contribution is 5.94. The Bertz CT molecular complexity index is 480. The van der Waals surface area contributed by atoms with E-state index in [0.29, 0.717) is 18.6 Å². The molecule has 0 saturated carbocycles. The lowest BCUT2D eigenvalue weighted by molar-refractivity contribution is -0.137. The van der Waals surface area contributed by atoms with Gasteiger partial charge in [-0.25, -0.2) is 0 Å². The van der Waals surface area contributed by atoms with E-state index in [4.69, 9.17) is 9.84 Å². The zero-order chi connectivity index (χ0) is 15.9. The minimum atomic E-state index is -0.866. The summed E-state index contributed by atoms with van der Waals surface area (Å²) in [5.74, 6) is -0.347. The topological polar surface area (TPSA) is 75.6 Å². The molecule has 0 radical (unpaired) electrons. The average Bonchev–Trinajstić information content (AvgIpc) is 2.43. The van der Waals surface area contributed by atoms with Crippen LogP contribution in [0.5, 0.6) is 5.75 Å². The number of carbonyl (C=O) groups is 2. The summed E-state index contributed by atoms with van der Waals surface area (Å²) >= 11 is 0. The first kappa shape index (κ1) is 17.0. The van der Waals surface area contributed by atoms with E-state index in [2.05, 4.69) is 5.32 Å². The van der Waals surface area contributed by atoms with Crippen molar-refractivity contribution in [3.05, 3.63) is 29.8 Å². The lowest BCUT2D eigenvalue weighted by Gasteiger charge is -2.25. The number of carboxylic acid groups (broad SMARTS) is 1. The molecule has 0 fully saturated rings. The number of rotatable bonds is 8. The van der Waals surface area contributed by atoms with Gasteiger partial charge in [0.25, 0.3) is 5.91 Å². The molecule has 0 saturated heterocycles. The predicted octanol–water partition coefficient (Wildman–Crippen LogP) is 2.85. The van der Waals surface area contributed by atoms with Gasteiger partial charge in [-0.2, -0.15) is 0 Å². The molecule has 1 aromatic carbocycles. The maximum Gasteiger partial charge on any atom is 0.303 e. The van der Waals surface area contributed by atoms with E-state index in [1.807, 2.05) is 20.8 Å². The number of hydrogen-bond acceptors (Lipinski definition) is 3. The van der Waals surface area contributed by atoms with Crippen LogP contribution in [0.2, 0.25) is 0 Å². The zero-order valence-electron chi connectivity index (χ0n) is 12.8. The molecule has 1 rings (SSSR count). The van der Waals surface area contributed by atoms with Gasteiger partial charge in [-0.3, -0.25) is 9.59 Å². The minimum Gasteiger partial charge on any atom is -0.494 e. The number of carboxylic acids is 1. The molecule has 0 atom stereocenters. The summed E-state index contributed by atoms with van der Waals surface area (Å²) in [5, 5.41) is 11.6. The number of amides is 1. The van der Waals surface area contributed by atoms with E-state index >= 15 is 0 Å². The molecule has 0 aliphatic heterocycles. The first-order valence-corrected chi connectivity index (χ1v) is 7.11. The van der Waals surface area contributed by atoms with Crippen molar-refractivity contribution in [2.24, 2.45) is 0 Å². The highest BCUT2D eigenvalue weighted by Crippen LogP contribution is 2.15.